The molecular weight excluding hydrogens is 336 g/mol. The van der Waals surface area contributed by atoms with Crippen LogP contribution in [0.1, 0.15) is 43.0 Å². The highest BCUT2D eigenvalue weighted by Gasteiger charge is 2.37. The molecule has 7 nitrogen and oxygen atoms in total. The van der Waals surface area contributed by atoms with Gasteiger partial charge in [0.1, 0.15) is 0 Å². The van der Waals surface area contributed by atoms with E-state index in [1.165, 1.54) is 0 Å². The molecule has 2 amide bonds. The van der Waals surface area contributed by atoms with Crippen molar-refractivity contribution in [2.75, 3.05) is 11.9 Å². The lowest BCUT2D eigenvalue weighted by Crippen LogP contribution is -2.41. The first-order valence-corrected chi connectivity index (χ1v) is 8.63. The van der Waals surface area contributed by atoms with E-state index in [9.17, 15) is 19.2 Å². The number of hydrogen-bond acceptors (Lipinski definition) is 5. The Labute approximate surface area is 150 Å². The summed E-state index contributed by atoms with van der Waals surface area (Å²) >= 11 is 0. The molecule has 1 aromatic carbocycles. The lowest BCUT2D eigenvalue weighted by molar-refractivity contribution is -0.128. The molecule has 1 aromatic rings. The second-order valence-corrected chi connectivity index (χ2v) is 6.26. The number of benzene rings is 1. The van der Waals surface area contributed by atoms with Gasteiger partial charge >= 0.3 is 5.97 Å². The van der Waals surface area contributed by atoms with Crippen LogP contribution in [0.5, 0.6) is 0 Å². The van der Waals surface area contributed by atoms with Gasteiger partial charge in [-0.15, -0.1) is 0 Å². The van der Waals surface area contributed by atoms with E-state index in [0.717, 1.165) is 0 Å². The van der Waals surface area contributed by atoms with Crippen molar-refractivity contribution in [2.24, 2.45) is 5.92 Å². The molecule has 136 valence electrons. The predicted octanol–water partition coefficient (Wildman–Crippen LogP) is 1.94. The highest BCUT2D eigenvalue weighted by atomic mass is 16.5. The summed E-state index contributed by atoms with van der Waals surface area (Å²) in [6.07, 6.45) is 1.64. The number of carbonyl (C=O) groups is 4. The Kier molecular flexibility index (Phi) is 5.16. The number of anilines is 1. The van der Waals surface area contributed by atoms with Gasteiger partial charge in [0.15, 0.2) is 5.78 Å². The molecule has 1 aliphatic carbocycles. The van der Waals surface area contributed by atoms with Crippen LogP contribution < -0.4 is 10.6 Å². The molecule has 0 saturated carbocycles. The van der Waals surface area contributed by atoms with Crippen molar-refractivity contribution in [1.82, 2.24) is 5.32 Å². The lowest BCUT2D eigenvalue weighted by atomic mass is 9.81. The van der Waals surface area contributed by atoms with Gasteiger partial charge in [0.2, 0.25) is 11.8 Å². The number of Topliss-reactive ketones (excluding diaryl/α,β-unsaturated/α-hetero) is 1. The quantitative estimate of drug-likeness (QED) is 0.803. The first-order valence-electron chi connectivity index (χ1n) is 8.63. The Balaban J connectivity index is 1.75. The average molecular weight is 356 g/mol. The SMILES string of the molecule is CCOC(=O)c1ccc(NC(=O)[C@@H]2CC(=O)NC3=C2C(=O)CCC3)cc1. The molecule has 3 rings (SSSR count). The molecule has 7 heteroatoms. The van der Waals surface area contributed by atoms with Crippen LogP contribution in [0.3, 0.4) is 0 Å². The summed E-state index contributed by atoms with van der Waals surface area (Å²) < 4.78 is 4.91. The van der Waals surface area contributed by atoms with Gasteiger partial charge in [0.05, 0.1) is 18.1 Å². The Morgan fingerprint density at radius 3 is 2.62 bits per heavy atom. The van der Waals surface area contributed by atoms with Crippen LogP contribution in [0.4, 0.5) is 5.69 Å². The number of amides is 2. The van der Waals surface area contributed by atoms with Gasteiger partial charge in [-0.3, -0.25) is 14.4 Å². The topological polar surface area (TPSA) is 102 Å². The highest BCUT2D eigenvalue weighted by Crippen LogP contribution is 2.32. The van der Waals surface area contributed by atoms with Crippen molar-refractivity contribution in [1.29, 1.82) is 0 Å². The largest absolute Gasteiger partial charge is 0.462 e. The van der Waals surface area contributed by atoms with E-state index >= 15 is 0 Å². The Hall–Kier alpha value is -2.96. The monoisotopic (exact) mass is 356 g/mol. The molecule has 0 fully saturated rings. The lowest BCUT2D eigenvalue weighted by Gasteiger charge is -2.30. The maximum atomic E-state index is 12.7. The zero-order valence-corrected chi connectivity index (χ0v) is 14.5. The van der Waals surface area contributed by atoms with Gasteiger partial charge in [-0.1, -0.05) is 0 Å². The number of ketones is 1. The Morgan fingerprint density at radius 2 is 1.92 bits per heavy atom. The number of nitrogens with one attached hydrogen (secondary N) is 2. The number of ether oxygens (including phenoxy) is 1. The molecule has 0 aromatic heterocycles. The van der Waals surface area contributed by atoms with Gasteiger partial charge in [-0.2, -0.15) is 0 Å². The third-order valence-corrected chi connectivity index (χ3v) is 4.46. The van der Waals surface area contributed by atoms with E-state index in [1.54, 1.807) is 31.2 Å². The van der Waals surface area contributed by atoms with E-state index < -0.39 is 17.8 Å². The first-order chi connectivity index (χ1) is 12.5. The number of carbonyl (C=O) groups excluding carboxylic acids is 4. The number of rotatable bonds is 4. The maximum absolute atomic E-state index is 12.7. The minimum atomic E-state index is -0.781. The summed E-state index contributed by atoms with van der Waals surface area (Å²) in [6, 6.07) is 6.28. The fourth-order valence-corrected chi connectivity index (χ4v) is 3.26. The van der Waals surface area contributed by atoms with Gasteiger partial charge in [0, 0.05) is 29.8 Å². The molecule has 1 atom stereocenters. The standard InChI is InChI=1S/C19H20N2O5/c1-2-26-19(25)11-6-8-12(9-7-11)20-18(24)13-10-16(23)21-14-4-3-5-15(22)17(13)14/h6-9,13H,2-5,10H2,1H3,(H,20,24)(H,21,23)/t13-/m1/s1. The van der Waals surface area contributed by atoms with Gasteiger partial charge in [-0.05, 0) is 44.0 Å². The normalized spacial score (nSPS) is 19.5. The molecule has 26 heavy (non-hydrogen) atoms. The van der Waals surface area contributed by atoms with Crippen LogP contribution in [-0.4, -0.2) is 30.2 Å². The fraction of sp³-hybridized carbons (Fsp3) is 0.368. The summed E-state index contributed by atoms with van der Waals surface area (Å²) in [5, 5.41) is 5.44. The minimum Gasteiger partial charge on any atom is -0.462 e. The van der Waals surface area contributed by atoms with E-state index in [2.05, 4.69) is 10.6 Å². The molecule has 2 aliphatic rings. The van der Waals surface area contributed by atoms with Gasteiger partial charge in [-0.25, -0.2) is 4.79 Å². The molecule has 2 N–H and O–H groups in total. The summed E-state index contributed by atoms with van der Waals surface area (Å²) in [6.45, 7) is 2.01. The van der Waals surface area contributed by atoms with E-state index in [-0.39, 0.29) is 24.7 Å². The summed E-state index contributed by atoms with van der Waals surface area (Å²) in [5.74, 6) is -1.94. The van der Waals surface area contributed by atoms with E-state index in [4.69, 9.17) is 4.74 Å². The molecule has 1 heterocycles. The second kappa shape index (κ2) is 7.51. The first kappa shape index (κ1) is 17.8. The summed E-state index contributed by atoms with van der Waals surface area (Å²) in [4.78, 5) is 48.5. The van der Waals surface area contributed by atoms with Crippen LogP contribution in [0, 0.1) is 5.92 Å². The fourth-order valence-electron chi connectivity index (χ4n) is 3.26. The van der Waals surface area contributed by atoms with Crippen molar-refractivity contribution in [3.05, 3.63) is 41.1 Å². The Bertz CT molecular complexity index is 795. The van der Waals surface area contributed by atoms with E-state index in [0.29, 0.717) is 41.8 Å². The number of hydrogen-bond donors (Lipinski definition) is 2. The molecule has 0 saturated heterocycles. The third kappa shape index (κ3) is 3.66. The Morgan fingerprint density at radius 1 is 1.19 bits per heavy atom. The number of allylic oxidation sites excluding steroid dienone is 1. The van der Waals surface area contributed by atoms with Crippen LogP contribution in [0.25, 0.3) is 0 Å². The van der Waals surface area contributed by atoms with Crippen LogP contribution in [0.2, 0.25) is 0 Å². The van der Waals surface area contributed by atoms with Gasteiger partial charge < -0.3 is 15.4 Å². The third-order valence-electron chi connectivity index (χ3n) is 4.46. The van der Waals surface area contributed by atoms with Crippen molar-refractivity contribution in [2.45, 2.75) is 32.6 Å². The molecule has 0 radical (unpaired) electrons. The molecule has 0 spiro atoms. The van der Waals surface area contributed by atoms with Crippen molar-refractivity contribution < 1.29 is 23.9 Å². The number of esters is 1. The van der Waals surface area contributed by atoms with Crippen LogP contribution in [0.15, 0.2) is 35.5 Å². The van der Waals surface area contributed by atoms with Crippen LogP contribution in [-0.2, 0) is 19.1 Å². The zero-order chi connectivity index (χ0) is 18.7. The predicted molar refractivity (Wildman–Crippen MR) is 93.2 cm³/mol. The highest BCUT2D eigenvalue weighted by molar-refractivity contribution is 6.09. The summed E-state index contributed by atoms with van der Waals surface area (Å²) in [5.41, 5.74) is 1.88. The van der Waals surface area contributed by atoms with Crippen LogP contribution >= 0.6 is 0 Å². The van der Waals surface area contributed by atoms with E-state index in [1.807, 2.05) is 0 Å². The van der Waals surface area contributed by atoms with Crippen molar-refractivity contribution in [3.8, 4) is 0 Å². The molecule has 1 aliphatic heterocycles. The smallest absolute Gasteiger partial charge is 0.338 e. The van der Waals surface area contributed by atoms with Crippen molar-refractivity contribution in [3.63, 3.8) is 0 Å². The average Bonchev–Trinajstić information content (AvgIpc) is 2.61. The van der Waals surface area contributed by atoms with Gasteiger partial charge in [0.25, 0.3) is 0 Å². The zero-order valence-electron chi connectivity index (χ0n) is 14.5. The summed E-state index contributed by atoms with van der Waals surface area (Å²) in [7, 11) is 0. The molecular formula is C19H20N2O5. The maximum Gasteiger partial charge on any atom is 0.338 e. The minimum absolute atomic E-state index is 0.0443. The molecule has 0 unspecified atom stereocenters. The second-order valence-electron chi connectivity index (χ2n) is 6.26. The molecule has 0 bridgehead atoms. The van der Waals surface area contributed by atoms with Crippen molar-refractivity contribution >= 4 is 29.3 Å².